The fourth-order valence-electron chi connectivity index (χ4n) is 2.57. The molecular weight excluding hydrogens is 346 g/mol. The summed E-state index contributed by atoms with van der Waals surface area (Å²) in [6.07, 6.45) is 0. The number of hydrogen-bond donors (Lipinski definition) is 0. The predicted octanol–water partition coefficient (Wildman–Crippen LogP) is 4.12. The number of hydrogen-bond acceptors (Lipinski definition) is 5. The van der Waals surface area contributed by atoms with Gasteiger partial charge in [-0.25, -0.2) is 4.68 Å². The lowest BCUT2D eigenvalue weighted by Crippen LogP contribution is -2.24. The van der Waals surface area contributed by atoms with Gasteiger partial charge >= 0.3 is 0 Å². The number of benzene rings is 1. The molecule has 0 N–H and O–H groups in total. The van der Waals surface area contributed by atoms with Gasteiger partial charge in [-0.15, -0.1) is 11.3 Å². The number of halogens is 1. The van der Waals surface area contributed by atoms with Crippen molar-refractivity contribution in [2.45, 2.75) is 13.5 Å². The van der Waals surface area contributed by atoms with Gasteiger partial charge in [-0.2, -0.15) is 5.10 Å². The molecule has 0 unspecified atom stereocenters. The molecule has 0 atom stereocenters. The quantitative estimate of drug-likeness (QED) is 0.553. The molecule has 0 saturated carbocycles. The summed E-state index contributed by atoms with van der Waals surface area (Å²) >= 11 is 7.46. The van der Waals surface area contributed by atoms with Crippen LogP contribution < -0.4 is 5.56 Å². The zero-order valence-corrected chi connectivity index (χ0v) is 14.3. The van der Waals surface area contributed by atoms with Crippen LogP contribution in [-0.4, -0.2) is 14.9 Å². The summed E-state index contributed by atoms with van der Waals surface area (Å²) in [6.45, 7) is 2.12. The van der Waals surface area contributed by atoms with Crippen LogP contribution in [0.15, 0.2) is 51.1 Å². The molecule has 0 bridgehead atoms. The minimum Gasteiger partial charge on any atom is -0.353 e. The average molecular weight is 358 g/mol. The molecule has 24 heavy (non-hydrogen) atoms. The summed E-state index contributed by atoms with van der Waals surface area (Å²) in [5, 5.41) is 11.6. The van der Waals surface area contributed by atoms with Crippen LogP contribution in [0.4, 0.5) is 0 Å². The van der Waals surface area contributed by atoms with Crippen LogP contribution in [0.1, 0.15) is 11.3 Å². The maximum atomic E-state index is 12.8. The zero-order valence-electron chi connectivity index (χ0n) is 12.7. The normalized spacial score (nSPS) is 11.2. The van der Waals surface area contributed by atoms with Crippen molar-refractivity contribution in [1.29, 1.82) is 0 Å². The smallest absolute Gasteiger partial charge is 0.280 e. The Morgan fingerprint density at radius 1 is 1.25 bits per heavy atom. The summed E-state index contributed by atoms with van der Waals surface area (Å²) in [5.74, 6) is 0. The molecular formula is C17H12ClN3O2S. The second-order valence-corrected chi connectivity index (χ2v) is 6.77. The van der Waals surface area contributed by atoms with Gasteiger partial charge < -0.3 is 4.52 Å². The second kappa shape index (κ2) is 5.89. The molecule has 1 aromatic carbocycles. The van der Waals surface area contributed by atoms with Gasteiger partial charge in [0.15, 0.2) is 0 Å². The third-order valence-corrected chi connectivity index (χ3v) is 4.88. The molecule has 4 rings (SSSR count). The summed E-state index contributed by atoms with van der Waals surface area (Å²) in [4.78, 5) is 13.7. The largest absolute Gasteiger partial charge is 0.353 e. The van der Waals surface area contributed by atoms with E-state index in [2.05, 4.69) is 10.3 Å². The summed E-state index contributed by atoms with van der Waals surface area (Å²) < 4.78 is 6.82. The molecule has 0 saturated heterocycles. The van der Waals surface area contributed by atoms with Gasteiger partial charge in [0.25, 0.3) is 5.56 Å². The fourth-order valence-corrected chi connectivity index (χ4v) is 3.40. The van der Waals surface area contributed by atoms with E-state index >= 15 is 0 Å². The first kappa shape index (κ1) is 15.1. The van der Waals surface area contributed by atoms with Crippen LogP contribution in [0.3, 0.4) is 0 Å². The Labute approximate surface area is 146 Å². The highest BCUT2D eigenvalue weighted by atomic mass is 35.5. The van der Waals surface area contributed by atoms with E-state index in [0.29, 0.717) is 33.9 Å². The monoisotopic (exact) mass is 357 g/mol. The third kappa shape index (κ3) is 2.53. The standard InChI is InChI=1S/C17H12ClN3O2S/c1-10-14-16(23-20-10)15(13-3-2-8-24-13)19-21(17(14)22)9-11-4-6-12(18)7-5-11/h2-8H,9H2,1H3. The molecule has 0 amide bonds. The van der Waals surface area contributed by atoms with E-state index in [1.807, 2.05) is 29.6 Å². The second-order valence-electron chi connectivity index (χ2n) is 5.39. The number of aryl methyl sites for hydroxylation is 1. The van der Waals surface area contributed by atoms with Crippen molar-refractivity contribution in [1.82, 2.24) is 14.9 Å². The summed E-state index contributed by atoms with van der Waals surface area (Å²) in [6, 6.07) is 11.2. The van der Waals surface area contributed by atoms with Crippen LogP contribution in [0, 0.1) is 6.92 Å². The molecule has 3 aromatic heterocycles. The Morgan fingerprint density at radius 3 is 2.75 bits per heavy atom. The highest BCUT2D eigenvalue weighted by Gasteiger charge is 2.19. The molecule has 0 aliphatic heterocycles. The van der Waals surface area contributed by atoms with Crippen molar-refractivity contribution in [2.24, 2.45) is 0 Å². The molecule has 0 aliphatic carbocycles. The minimum absolute atomic E-state index is 0.209. The van der Waals surface area contributed by atoms with Gasteiger partial charge in [0.05, 0.1) is 17.1 Å². The lowest BCUT2D eigenvalue weighted by molar-refractivity contribution is 0.449. The van der Waals surface area contributed by atoms with Crippen molar-refractivity contribution in [3.05, 3.63) is 68.4 Å². The van der Waals surface area contributed by atoms with Crippen LogP contribution in [0.5, 0.6) is 0 Å². The van der Waals surface area contributed by atoms with E-state index in [-0.39, 0.29) is 5.56 Å². The van der Waals surface area contributed by atoms with Crippen molar-refractivity contribution in [3.8, 4) is 10.6 Å². The summed E-state index contributed by atoms with van der Waals surface area (Å²) in [7, 11) is 0. The van der Waals surface area contributed by atoms with Crippen molar-refractivity contribution >= 4 is 33.9 Å². The van der Waals surface area contributed by atoms with Gasteiger partial charge in [-0.3, -0.25) is 4.79 Å². The van der Waals surface area contributed by atoms with Crippen molar-refractivity contribution in [2.75, 3.05) is 0 Å². The first-order valence-electron chi connectivity index (χ1n) is 7.29. The Hall–Kier alpha value is -2.44. The fraction of sp³-hybridized carbons (Fsp3) is 0.118. The van der Waals surface area contributed by atoms with Crippen LogP contribution in [0.25, 0.3) is 21.5 Å². The highest BCUT2D eigenvalue weighted by molar-refractivity contribution is 7.13. The lowest BCUT2D eigenvalue weighted by atomic mass is 10.2. The molecule has 7 heteroatoms. The van der Waals surface area contributed by atoms with Gasteiger partial charge in [-0.1, -0.05) is 35.0 Å². The molecule has 0 spiro atoms. The number of nitrogens with zero attached hydrogens (tertiary/aromatic N) is 3. The van der Waals surface area contributed by atoms with E-state index in [0.717, 1.165) is 10.4 Å². The molecule has 5 nitrogen and oxygen atoms in total. The van der Waals surface area contributed by atoms with Gasteiger partial charge in [0.2, 0.25) is 5.58 Å². The third-order valence-electron chi connectivity index (χ3n) is 3.75. The number of aromatic nitrogens is 3. The van der Waals surface area contributed by atoms with Gasteiger partial charge in [0, 0.05) is 5.02 Å². The van der Waals surface area contributed by atoms with Crippen molar-refractivity contribution in [3.63, 3.8) is 0 Å². The number of thiophene rings is 1. The Balaban J connectivity index is 1.92. The zero-order chi connectivity index (χ0) is 16.7. The van der Waals surface area contributed by atoms with Gasteiger partial charge in [-0.05, 0) is 36.1 Å². The Kier molecular flexibility index (Phi) is 3.70. The highest BCUT2D eigenvalue weighted by Crippen LogP contribution is 2.29. The Bertz CT molecular complexity index is 1070. The lowest BCUT2D eigenvalue weighted by Gasteiger charge is -2.07. The van der Waals surface area contributed by atoms with Crippen LogP contribution in [-0.2, 0) is 6.54 Å². The van der Waals surface area contributed by atoms with Crippen molar-refractivity contribution < 1.29 is 4.52 Å². The average Bonchev–Trinajstić information content (AvgIpc) is 3.22. The molecule has 0 radical (unpaired) electrons. The number of fused-ring (bicyclic) bond motifs is 1. The van der Waals surface area contributed by atoms with E-state index < -0.39 is 0 Å². The first-order chi connectivity index (χ1) is 11.6. The predicted molar refractivity (Wildman–Crippen MR) is 94.7 cm³/mol. The maximum Gasteiger partial charge on any atom is 0.280 e. The maximum absolute atomic E-state index is 12.8. The molecule has 0 aliphatic rings. The van der Waals surface area contributed by atoms with Crippen LogP contribution >= 0.6 is 22.9 Å². The van der Waals surface area contributed by atoms with Gasteiger partial charge in [0.1, 0.15) is 11.1 Å². The van der Waals surface area contributed by atoms with Crippen LogP contribution in [0.2, 0.25) is 5.02 Å². The molecule has 0 fully saturated rings. The molecule has 4 aromatic rings. The van der Waals surface area contributed by atoms with E-state index in [9.17, 15) is 4.79 Å². The van der Waals surface area contributed by atoms with E-state index in [4.69, 9.17) is 16.1 Å². The minimum atomic E-state index is -0.209. The first-order valence-corrected chi connectivity index (χ1v) is 8.54. The van der Waals surface area contributed by atoms with E-state index in [1.54, 1.807) is 19.1 Å². The molecule has 3 heterocycles. The summed E-state index contributed by atoms with van der Waals surface area (Å²) in [5.41, 5.74) is 2.38. The SMILES string of the molecule is Cc1noc2c(-c3cccs3)nn(Cc3ccc(Cl)cc3)c(=O)c12. The molecule has 120 valence electrons. The Morgan fingerprint density at radius 2 is 2.04 bits per heavy atom. The topological polar surface area (TPSA) is 60.9 Å². The van der Waals surface area contributed by atoms with E-state index in [1.165, 1.54) is 16.0 Å². The number of rotatable bonds is 3.